The van der Waals surface area contributed by atoms with E-state index in [0.717, 1.165) is 5.69 Å². The zero-order chi connectivity index (χ0) is 15.9. The summed E-state index contributed by atoms with van der Waals surface area (Å²) < 4.78 is 0. The van der Waals surface area contributed by atoms with E-state index in [1.807, 2.05) is 51.1 Å². The molecule has 5 heteroatoms. The van der Waals surface area contributed by atoms with Crippen LogP contribution in [0.4, 0.5) is 5.69 Å². The van der Waals surface area contributed by atoms with Gasteiger partial charge in [0.05, 0.1) is 6.42 Å². The Morgan fingerprint density at radius 3 is 2.29 bits per heavy atom. The van der Waals surface area contributed by atoms with Gasteiger partial charge in [-0.05, 0) is 32.9 Å². The van der Waals surface area contributed by atoms with Gasteiger partial charge in [-0.3, -0.25) is 9.59 Å². The number of para-hydroxylation sites is 1. The molecule has 0 heterocycles. The van der Waals surface area contributed by atoms with Gasteiger partial charge in [0, 0.05) is 30.7 Å². The van der Waals surface area contributed by atoms with Crippen LogP contribution in [-0.4, -0.2) is 35.6 Å². The summed E-state index contributed by atoms with van der Waals surface area (Å²) in [4.78, 5) is 24.6. The van der Waals surface area contributed by atoms with E-state index in [1.165, 1.54) is 0 Å². The van der Waals surface area contributed by atoms with E-state index < -0.39 is 5.97 Å². The Hall–Kier alpha value is -1.88. The number of aliphatic carboxylic acids is 1. The molecule has 0 fully saturated rings. The van der Waals surface area contributed by atoms with Gasteiger partial charge in [0.2, 0.25) is 5.91 Å². The third-order valence-corrected chi connectivity index (χ3v) is 2.91. The number of rotatable bonds is 7. The first-order chi connectivity index (χ1) is 9.79. The smallest absolute Gasteiger partial charge is 0.305 e. The minimum Gasteiger partial charge on any atom is -0.481 e. The molecule has 0 bridgehead atoms. The second kappa shape index (κ2) is 7.78. The zero-order valence-corrected chi connectivity index (χ0v) is 12.9. The van der Waals surface area contributed by atoms with E-state index >= 15 is 0 Å². The van der Waals surface area contributed by atoms with Crippen molar-refractivity contribution >= 4 is 17.6 Å². The second-order valence-electron chi connectivity index (χ2n) is 5.95. The molecule has 0 radical (unpaired) electrons. The lowest BCUT2D eigenvalue weighted by Crippen LogP contribution is -2.40. The van der Waals surface area contributed by atoms with Crippen molar-refractivity contribution in [3.8, 4) is 0 Å². The predicted molar refractivity (Wildman–Crippen MR) is 83.4 cm³/mol. The Balaban J connectivity index is 2.67. The second-order valence-corrected chi connectivity index (χ2v) is 5.95. The van der Waals surface area contributed by atoms with Crippen molar-refractivity contribution in [2.45, 2.75) is 39.2 Å². The largest absolute Gasteiger partial charge is 0.481 e. The molecule has 0 aliphatic heterocycles. The number of hydrogen-bond donors (Lipinski definition) is 2. The topological polar surface area (TPSA) is 69.6 Å². The number of carboxylic acid groups (broad SMARTS) is 1. The van der Waals surface area contributed by atoms with E-state index in [0.29, 0.717) is 13.0 Å². The van der Waals surface area contributed by atoms with E-state index in [1.54, 1.807) is 4.90 Å². The third-order valence-electron chi connectivity index (χ3n) is 2.91. The van der Waals surface area contributed by atoms with Crippen molar-refractivity contribution in [1.29, 1.82) is 0 Å². The lowest BCUT2D eigenvalue weighted by atomic mass is 10.1. The van der Waals surface area contributed by atoms with Crippen LogP contribution in [0.25, 0.3) is 0 Å². The molecule has 116 valence electrons. The first-order valence-electron chi connectivity index (χ1n) is 7.12. The number of carboxylic acids is 1. The highest BCUT2D eigenvalue weighted by atomic mass is 16.4. The molecule has 0 aliphatic rings. The van der Waals surface area contributed by atoms with Gasteiger partial charge in [0.1, 0.15) is 0 Å². The van der Waals surface area contributed by atoms with Crippen molar-refractivity contribution in [3.05, 3.63) is 30.3 Å². The quantitative estimate of drug-likeness (QED) is 0.809. The molecule has 0 spiro atoms. The van der Waals surface area contributed by atoms with Gasteiger partial charge in [0.15, 0.2) is 0 Å². The Morgan fingerprint density at radius 1 is 1.14 bits per heavy atom. The number of nitrogens with zero attached hydrogens (tertiary/aromatic N) is 1. The number of anilines is 1. The molecule has 0 atom stereocenters. The molecule has 1 aromatic carbocycles. The Kier molecular flexibility index (Phi) is 6.37. The SMILES string of the molecule is CC(C)(C)NCCC(=O)N(CCC(=O)O)c1ccccc1. The van der Waals surface area contributed by atoms with E-state index in [-0.39, 0.29) is 24.4 Å². The van der Waals surface area contributed by atoms with Crippen LogP contribution < -0.4 is 10.2 Å². The number of benzene rings is 1. The summed E-state index contributed by atoms with van der Waals surface area (Å²) in [6.45, 7) is 6.87. The van der Waals surface area contributed by atoms with Crippen LogP contribution in [-0.2, 0) is 9.59 Å². The van der Waals surface area contributed by atoms with Crippen LogP contribution in [0, 0.1) is 0 Å². The Bertz CT molecular complexity index is 466. The van der Waals surface area contributed by atoms with Crippen LogP contribution in [0.3, 0.4) is 0 Å². The Labute approximate surface area is 126 Å². The molecular formula is C16H24N2O3. The standard InChI is InChI=1S/C16H24N2O3/c1-16(2,3)17-11-9-14(19)18(12-10-15(20)21)13-7-5-4-6-8-13/h4-8,17H,9-12H2,1-3H3,(H,20,21). The first-order valence-corrected chi connectivity index (χ1v) is 7.12. The predicted octanol–water partition coefficient (Wildman–Crippen LogP) is 2.27. The van der Waals surface area contributed by atoms with Gasteiger partial charge in [-0.1, -0.05) is 18.2 Å². The summed E-state index contributed by atoms with van der Waals surface area (Å²) in [6, 6.07) is 9.17. The number of amides is 1. The molecule has 1 aromatic rings. The summed E-state index contributed by atoms with van der Waals surface area (Å²) in [5.74, 6) is -0.976. The maximum absolute atomic E-state index is 12.3. The van der Waals surface area contributed by atoms with Crippen LogP contribution >= 0.6 is 0 Å². The van der Waals surface area contributed by atoms with E-state index in [4.69, 9.17) is 5.11 Å². The van der Waals surface area contributed by atoms with Crippen molar-refractivity contribution in [3.63, 3.8) is 0 Å². The summed E-state index contributed by atoms with van der Waals surface area (Å²) in [5.41, 5.74) is 0.693. The van der Waals surface area contributed by atoms with Gasteiger partial charge in [-0.2, -0.15) is 0 Å². The fourth-order valence-corrected chi connectivity index (χ4v) is 1.89. The van der Waals surface area contributed by atoms with Crippen molar-refractivity contribution in [1.82, 2.24) is 5.32 Å². The normalized spacial score (nSPS) is 11.2. The lowest BCUT2D eigenvalue weighted by Gasteiger charge is -2.24. The number of carbonyl (C=O) groups is 2. The molecule has 0 aromatic heterocycles. The molecule has 2 N–H and O–H groups in total. The first kappa shape index (κ1) is 17.2. The lowest BCUT2D eigenvalue weighted by molar-refractivity contribution is -0.136. The van der Waals surface area contributed by atoms with E-state index in [9.17, 15) is 9.59 Å². The number of carbonyl (C=O) groups excluding carboxylic acids is 1. The Morgan fingerprint density at radius 2 is 1.76 bits per heavy atom. The molecular weight excluding hydrogens is 268 g/mol. The van der Waals surface area contributed by atoms with Gasteiger partial charge < -0.3 is 15.3 Å². The number of nitrogens with one attached hydrogen (secondary N) is 1. The summed E-state index contributed by atoms with van der Waals surface area (Å²) in [6.07, 6.45) is 0.277. The maximum atomic E-state index is 12.3. The minimum atomic E-state index is -0.906. The van der Waals surface area contributed by atoms with Crippen LogP contribution in [0.2, 0.25) is 0 Å². The highest BCUT2D eigenvalue weighted by Gasteiger charge is 2.17. The van der Waals surface area contributed by atoms with Gasteiger partial charge >= 0.3 is 5.97 Å². The summed E-state index contributed by atoms with van der Waals surface area (Å²) in [5, 5.41) is 12.1. The fourth-order valence-electron chi connectivity index (χ4n) is 1.89. The van der Waals surface area contributed by atoms with Gasteiger partial charge in [-0.15, -0.1) is 0 Å². The molecule has 0 saturated carbocycles. The fraction of sp³-hybridized carbons (Fsp3) is 0.500. The maximum Gasteiger partial charge on any atom is 0.305 e. The highest BCUT2D eigenvalue weighted by Crippen LogP contribution is 2.15. The molecule has 0 unspecified atom stereocenters. The van der Waals surface area contributed by atoms with E-state index in [2.05, 4.69) is 5.32 Å². The molecule has 21 heavy (non-hydrogen) atoms. The van der Waals surface area contributed by atoms with Crippen LogP contribution in [0.5, 0.6) is 0 Å². The molecule has 0 aliphatic carbocycles. The van der Waals surface area contributed by atoms with Gasteiger partial charge in [-0.25, -0.2) is 0 Å². The summed E-state index contributed by atoms with van der Waals surface area (Å²) >= 11 is 0. The molecule has 1 amide bonds. The van der Waals surface area contributed by atoms with Crippen LogP contribution in [0.15, 0.2) is 30.3 Å². The van der Waals surface area contributed by atoms with Crippen molar-refractivity contribution in [2.75, 3.05) is 18.0 Å². The monoisotopic (exact) mass is 292 g/mol. The average molecular weight is 292 g/mol. The van der Waals surface area contributed by atoms with Crippen molar-refractivity contribution in [2.24, 2.45) is 0 Å². The molecule has 1 rings (SSSR count). The third kappa shape index (κ3) is 6.90. The summed E-state index contributed by atoms with van der Waals surface area (Å²) in [7, 11) is 0. The molecule has 0 saturated heterocycles. The highest BCUT2D eigenvalue weighted by molar-refractivity contribution is 5.93. The number of hydrogen-bond acceptors (Lipinski definition) is 3. The van der Waals surface area contributed by atoms with Crippen LogP contribution in [0.1, 0.15) is 33.6 Å². The van der Waals surface area contributed by atoms with Crippen molar-refractivity contribution < 1.29 is 14.7 Å². The zero-order valence-electron chi connectivity index (χ0n) is 12.9. The average Bonchev–Trinajstić information content (AvgIpc) is 2.38. The van der Waals surface area contributed by atoms with Gasteiger partial charge in [0.25, 0.3) is 0 Å². The molecule has 5 nitrogen and oxygen atoms in total. The minimum absolute atomic E-state index is 0.0427.